The molecule has 0 aliphatic heterocycles. The van der Waals surface area contributed by atoms with Crippen LogP contribution >= 0.6 is 73.3 Å². The SMILES string of the molecule is CCCn1nnc(NC(=S)NC(=O)c2cc(I)cc(I)c2Br)n1. The second kappa shape index (κ2) is 8.62. The number of rotatable bonds is 4. The standard InChI is InChI=1S/C12H11BrI2N6OS/c1-2-3-21-19-11(18-20-21)17-12(23)16-10(22)7-4-6(14)5-8(15)9(7)13/h4-5H,2-3H2,1H3,(H2,16,17,19,22,23). The Morgan fingerprint density at radius 1 is 1.43 bits per heavy atom. The quantitative estimate of drug-likeness (QED) is 0.311. The summed E-state index contributed by atoms with van der Waals surface area (Å²) < 4.78 is 2.64. The van der Waals surface area contributed by atoms with Crippen molar-refractivity contribution in [3.8, 4) is 0 Å². The van der Waals surface area contributed by atoms with Gasteiger partial charge in [-0.3, -0.25) is 15.4 Å². The van der Waals surface area contributed by atoms with Gasteiger partial charge in [0.1, 0.15) is 0 Å². The van der Waals surface area contributed by atoms with Crippen molar-refractivity contribution in [2.24, 2.45) is 0 Å². The van der Waals surface area contributed by atoms with Crippen LogP contribution in [-0.4, -0.2) is 31.2 Å². The third-order valence-corrected chi connectivity index (χ3v) is 5.84. The molecule has 0 aliphatic carbocycles. The van der Waals surface area contributed by atoms with E-state index in [0.29, 0.717) is 12.1 Å². The highest BCUT2D eigenvalue weighted by Crippen LogP contribution is 2.26. The number of aryl methyl sites for hydroxylation is 1. The minimum absolute atomic E-state index is 0.117. The zero-order valence-corrected chi connectivity index (χ0v) is 18.5. The summed E-state index contributed by atoms with van der Waals surface area (Å²) in [6, 6.07) is 3.75. The molecule has 7 nitrogen and oxygen atoms in total. The third kappa shape index (κ3) is 5.29. The van der Waals surface area contributed by atoms with Gasteiger partial charge in [-0.25, -0.2) is 0 Å². The molecule has 0 saturated heterocycles. The number of carbonyl (C=O) groups is 1. The van der Waals surface area contributed by atoms with Gasteiger partial charge >= 0.3 is 0 Å². The van der Waals surface area contributed by atoms with Gasteiger partial charge in [-0.05, 0) is 97.1 Å². The Morgan fingerprint density at radius 2 is 2.17 bits per heavy atom. The summed E-state index contributed by atoms with van der Waals surface area (Å²) in [5.74, 6) is -0.0632. The van der Waals surface area contributed by atoms with Crippen molar-refractivity contribution in [2.75, 3.05) is 5.32 Å². The van der Waals surface area contributed by atoms with E-state index in [-0.39, 0.29) is 17.0 Å². The van der Waals surface area contributed by atoms with Gasteiger partial charge in [0.25, 0.3) is 11.9 Å². The van der Waals surface area contributed by atoms with E-state index in [9.17, 15) is 4.79 Å². The highest BCUT2D eigenvalue weighted by molar-refractivity contribution is 14.1. The van der Waals surface area contributed by atoms with Crippen LogP contribution in [0.4, 0.5) is 5.95 Å². The van der Waals surface area contributed by atoms with Gasteiger partial charge in [-0.2, -0.15) is 4.80 Å². The molecule has 0 saturated carbocycles. The average Bonchev–Trinajstić information content (AvgIpc) is 2.90. The fourth-order valence-corrected chi connectivity index (χ4v) is 4.05. The predicted octanol–water partition coefficient (Wildman–Crippen LogP) is 3.18. The number of amides is 1. The van der Waals surface area contributed by atoms with Gasteiger partial charge < -0.3 is 0 Å². The van der Waals surface area contributed by atoms with E-state index in [0.717, 1.165) is 18.0 Å². The van der Waals surface area contributed by atoms with Gasteiger partial charge in [0.2, 0.25) is 0 Å². The Balaban J connectivity index is 2.03. The number of halogens is 3. The topological polar surface area (TPSA) is 84.7 Å². The molecule has 0 atom stereocenters. The lowest BCUT2D eigenvalue weighted by Crippen LogP contribution is -2.34. The second-order valence-corrected chi connectivity index (χ2v) is 7.98. The van der Waals surface area contributed by atoms with Gasteiger partial charge in [0, 0.05) is 11.6 Å². The second-order valence-electron chi connectivity index (χ2n) is 4.37. The van der Waals surface area contributed by atoms with Crippen LogP contribution in [0.3, 0.4) is 0 Å². The molecular weight excluding hydrogens is 610 g/mol. The largest absolute Gasteiger partial charge is 0.299 e. The third-order valence-electron chi connectivity index (χ3n) is 2.57. The first-order valence-electron chi connectivity index (χ1n) is 6.45. The zero-order valence-electron chi connectivity index (χ0n) is 11.8. The first kappa shape index (κ1) is 18.9. The lowest BCUT2D eigenvalue weighted by molar-refractivity contribution is 0.0977. The van der Waals surface area contributed by atoms with Crippen LogP contribution in [0.2, 0.25) is 0 Å². The van der Waals surface area contributed by atoms with Crippen molar-refractivity contribution in [1.82, 2.24) is 25.5 Å². The molecule has 0 fully saturated rings. The lowest BCUT2D eigenvalue weighted by atomic mass is 10.2. The van der Waals surface area contributed by atoms with Crippen molar-refractivity contribution in [3.05, 3.63) is 29.3 Å². The van der Waals surface area contributed by atoms with E-state index in [1.807, 2.05) is 13.0 Å². The number of anilines is 1. The molecule has 11 heteroatoms. The summed E-state index contributed by atoms with van der Waals surface area (Å²) in [6.07, 6.45) is 0.899. The Labute approximate surface area is 173 Å². The molecule has 0 radical (unpaired) electrons. The van der Waals surface area contributed by atoms with Crippen LogP contribution in [0.15, 0.2) is 16.6 Å². The Hall–Kier alpha value is -0.410. The molecule has 1 aromatic heterocycles. The van der Waals surface area contributed by atoms with E-state index in [1.165, 1.54) is 4.80 Å². The normalized spacial score (nSPS) is 10.4. The van der Waals surface area contributed by atoms with Crippen molar-refractivity contribution in [3.63, 3.8) is 0 Å². The average molecular weight is 621 g/mol. The van der Waals surface area contributed by atoms with Gasteiger partial charge in [-0.15, -0.1) is 5.10 Å². The van der Waals surface area contributed by atoms with Crippen molar-refractivity contribution in [1.29, 1.82) is 0 Å². The minimum atomic E-state index is -0.313. The number of thiocarbonyl (C=S) groups is 1. The van der Waals surface area contributed by atoms with Crippen LogP contribution in [0.25, 0.3) is 0 Å². The van der Waals surface area contributed by atoms with E-state index in [1.54, 1.807) is 6.07 Å². The smallest absolute Gasteiger partial charge is 0.269 e. The Morgan fingerprint density at radius 3 is 2.87 bits per heavy atom. The van der Waals surface area contributed by atoms with E-state index in [2.05, 4.69) is 87.2 Å². The maximum atomic E-state index is 12.3. The molecule has 2 aromatic rings. The monoisotopic (exact) mass is 620 g/mol. The summed E-state index contributed by atoms with van der Waals surface area (Å²) in [4.78, 5) is 13.8. The number of nitrogens with one attached hydrogen (secondary N) is 2. The number of hydrogen-bond donors (Lipinski definition) is 2. The number of hydrogen-bond acceptors (Lipinski definition) is 5. The molecule has 1 amide bonds. The fraction of sp³-hybridized carbons (Fsp3) is 0.250. The molecule has 0 unspecified atom stereocenters. The van der Waals surface area contributed by atoms with E-state index >= 15 is 0 Å². The summed E-state index contributed by atoms with van der Waals surface area (Å²) in [6.45, 7) is 2.68. The molecule has 0 aliphatic rings. The maximum absolute atomic E-state index is 12.3. The molecule has 1 heterocycles. The van der Waals surface area contributed by atoms with Crippen LogP contribution in [0, 0.1) is 7.14 Å². The molecule has 0 bridgehead atoms. The summed E-state index contributed by atoms with van der Waals surface area (Å²) in [7, 11) is 0. The van der Waals surface area contributed by atoms with Crippen LogP contribution in [0.5, 0.6) is 0 Å². The number of nitrogens with zero attached hydrogens (tertiary/aromatic N) is 4. The summed E-state index contributed by atoms with van der Waals surface area (Å²) in [5.41, 5.74) is 0.507. The van der Waals surface area contributed by atoms with Crippen molar-refractivity contribution >= 4 is 90.3 Å². The number of aromatic nitrogens is 4. The summed E-state index contributed by atoms with van der Waals surface area (Å²) in [5, 5.41) is 17.3. The number of tetrazole rings is 1. The molecule has 0 spiro atoms. The zero-order chi connectivity index (χ0) is 17.0. The molecule has 1 aromatic carbocycles. The van der Waals surface area contributed by atoms with Crippen LogP contribution < -0.4 is 10.6 Å². The van der Waals surface area contributed by atoms with Crippen LogP contribution in [0.1, 0.15) is 23.7 Å². The predicted molar refractivity (Wildman–Crippen MR) is 111 cm³/mol. The first-order valence-corrected chi connectivity index (χ1v) is 9.81. The molecule has 23 heavy (non-hydrogen) atoms. The maximum Gasteiger partial charge on any atom is 0.269 e. The molecule has 2 rings (SSSR count). The number of benzene rings is 1. The van der Waals surface area contributed by atoms with Gasteiger partial charge in [0.05, 0.1) is 12.1 Å². The van der Waals surface area contributed by atoms with E-state index < -0.39 is 0 Å². The van der Waals surface area contributed by atoms with Crippen LogP contribution in [-0.2, 0) is 6.54 Å². The summed E-state index contributed by atoms with van der Waals surface area (Å²) >= 11 is 12.9. The van der Waals surface area contributed by atoms with Gasteiger partial charge in [0.15, 0.2) is 5.11 Å². The molecule has 122 valence electrons. The minimum Gasteiger partial charge on any atom is -0.299 e. The fourth-order valence-electron chi connectivity index (χ4n) is 1.61. The van der Waals surface area contributed by atoms with Gasteiger partial charge in [-0.1, -0.05) is 12.0 Å². The Kier molecular flexibility index (Phi) is 7.09. The first-order chi connectivity index (χ1) is 10.9. The molecule has 2 N–H and O–H groups in total. The van der Waals surface area contributed by atoms with Crippen molar-refractivity contribution < 1.29 is 4.79 Å². The highest BCUT2D eigenvalue weighted by Gasteiger charge is 2.15. The Bertz CT molecular complexity index is 753. The van der Waals surface area contributed by atoms with Crippen molar-refractivity contribution in [2.45, 2.75) is 19.9 Å². The molecular formula is C12H11BrI2N6OS. The van der Waals surface area contributed by atoms with E-state index in [4.69, 9.17) is 12.2 Å². The number of carbonyl (C=O) groups excluding carboxylic acids is 1. The lowest BCUT2D eigenvalue weighted by Gasteiger charge is -2.09. The highest BCUT2D eigenvalue weighted by atomic mass is 127.